The minimum absolute atomic E-state index is 0.111. The molecule has 0 spiro atoms. The van der Waals surface area contributed by atoms with Gasteiger partial charge in [-0.2, -0.15) is 0 Å². The van der Waals surface area contributed by atoms with Crippen molar-refractivity contribution < 1.29 is 19.1 Å². The van der Waals surface area contributed by atoms with Crippen LogP contribution >= 0.6 is 11.6 Å². The third-order valence-corrected chi connectivity index (χ3v) is 5.05. The van der Waals surface area contributed by atoms with Gasteiger partial charge in [-0.3, -0.25) is 14.4 Å². The first-order valence-electron chi connectivity index (χ1n) is 10.1. The van der Waals surface area contributed by atoms with E-state index in [9.17, 15) is 14.4 Å². The molecule has 0 atom stereocenters. The topological polar surface area (TPSA) is 84.5 Å². The molecule has 3 aromatic carbocycles. The van der Waals surface area contributed by atoms with Crippen molar-refractivity contribution in [3.8, 4) is 5.75 Å². The summed E-state index contributed by atoms with van der Waals surface area (Å²) in [7, 11) is 0. The second kappa shape index (κ2) is 11.1. The van der Waals surface area contributed by atoms with E-state index in [1.165, 1.54) is 13.0 Å². The van der Waals surface area contributed by atoms with Gasteiger partial charge >= 0.3 is 5.97 Å². The molecule has 0 bridgehead atoms. The average molecular weight is 451 g/mol. The van der Waals surface area contributed by atoms with Crippen molar-refractivity contribution in [3.63, 3.8) is 0 Å². The molecule has 0 saturated heterocycles. The van der Waals surface area contributed by atoms with Gasteiger partial charge in [-0.05, 0) is 47.9 Å². The van der Waals surface area contributed by atoms with Crippen LogP contribution in [-0.2, 0) is 22.6 Å². The molecule has 0 heterocycles. The molecule has 0 fully saturated rings. The molecule has 32 heavy (non-hydrogen) atoms. The summed E-state index contributed by atoms with van der Waals surface area (Å²) in [6.07, 6.45) is 0.851. The summed E-state index contributed by atoms with van der Waals surface area (Å²) in [5, 5.41) is 6.37. The van der Waals surface area contributed by atoms with E-state index in [0.29, 0.717) is 34.9 Å². The summed E-state index contributed by atoms with van der Waals surface area (Å²) < 4.78 is 5.03. The Kier molecular flexibility index (Phi) is 8.00. The van der Waals surface area contributed by atoms with E-state index in [2.05, 4.69) is 10.6 Å². The lowest BCUT2D eigenvalue weighted by Crippen LogP contribution is -2.24. The predicted octanol–water partition coefficient (Wildman–Crippen LogP) is 4.77. The van der Waals surface area contributed by atoms with Crippen molar-refractivity contribution in [2.24, 2.45) is 0 Å². The molecule has 0 saturated carbocycles. The Morgan fingerprint density at radius 1 is 0.906 bits per heavy atom. The molecule has 164 valence electrons. The highest BCUT2D eigenvalue weighted by molar-refractivity contribution is 6.31. The molecule has 0 aliphatic carbocycles. The number of carbonyl (C=O) groups is 3. The van der Waals surface area contributed by atoms with Crippen molar-refractivity contribution in [2.45, 2.75) is 26.3 Å². The quantitative estimate of drug-likeness (QED) is 0.382. The van der Waals surface area contributed by atoms with Crippen molar-refractivity contribution in [3.05, 3.63) is 94.5 Å². The van der Waals surface area contributed by atoms with Crippen molar-refractivity contribution in [1.82, 2.24) is 5.32 Å². The van der Waals surface area contributed by atoms with E-state index in [1.807, 2.05) is 30.3 Å². The average Bonchev–Trinajstić information content (AvgIpc) is 2.77. The number of hydrogen-bond acceptors (Lipinski definition) is 4. The number of carbonyl (C=O) groups excluding carboxylic acids is 3. The summed E-state index contributed by atoms with van der Waals surface area (Å²) in [6.45, 7) is 1.57. The van der Waals surface area contributed by atoms with E-state index in [1.54, 1.807) is 36.4 Å². The maximum atomic E-state index is 12.7. The van der Waals surface area contributed by atoms with E-state index in [-0.39, 0.29) is 18.4 Å². The Bertz CT molecular complexity index is 1130. The number of esters is 1. The third kappa shape index (κ3) is 6.68. The highest BCUT2D eigenvalue weighted by Crippen LogP contribution is 2.19. The number of nitrogens with one attached hydrogen (secondary N) is 2. The number of hydrogen-bond donors (Lipinski definition) is 2. The molecule has 6 nitrogen and oxygen atoms in total. The van der Waals surface area contributed by atoms with Crippen LogP contribution in [-0.4, -0.2) is 17.8 Å². The van der Waals surface area contributed by atoms with Crippen molar-refractivity contribution in [2.75, 3.05) is 5.32 Å². The van der Waals surface area contributed by atoms with Crippen LogP contribution < -0.4 is 15.4 Å². The molecule has 0 aromatic heterocycles. The van der Waals surface area contributed by atoms with Gasteiger partial charge in [-0.1, -0.05) is 54.1 Å². The number of benzene rings is 3. The van der Waals surface area contributed by atoms with Gasteiger partial charge in [-0.15, -0.1) is 0 Å². The van der Waals surface area contributed by atoms with Crippen LogP contribution in [0, 0.1) is 0 Å². The molecule has 3 aromatic rings. The van der Waals surface area contributed by atoms with Crippen LogP contribution in [0.4, 0.5) is 5.69 Å². The lowest BCUT2D eigenvalue weighted by atomic mass is 10.1. The first-order chi connectivity index (χ1) is 15.4. The second-order valence-corrected chi connectivity index (χ2v) is 7.51. The Morgan fingerprint density at radius 3 is 2.38 bits per heavy atom. The lowest BCUT2D eigenvalue weighted by Gasteiger charge is -2.13. The van der Waals surface area contributed by atoms with Gasteiger partial charge < -0.3 is 15.4 Å². The Hall–Kier alpha value is -3.64. The molecule has 0 aliphatic heterocycles. The highest BCUT2D eigenvalue weighted by Gasteiger charge is 2.12. The van der Waals surface area contributed by atoms with E-state index in [0.717, 1.165) is 11.1 Å². The smallest absolute Gasteiger partial charge is 0.308 e. The number of aryl methyl sites for hydroxylation is 1. The molecule has 0 aliphatic rings. The van der Waals surface area contributed by atoms with Gasteiger partial charge in [0.25, 0.3) is 5.91 Å². The zero-order valence-corrected chi connectivity index (χ0v) is 18.3. The van der Waals surface area contributed by atoms with Crippen LogP contribution in [0.3, 0.4) is 0 Å². The maximum absolute atomic E-state index is 12.7. The fourth-order valence-electron chi connectivity index (χ4n) is 3.09. The summed E-state index contributed by atoms with van der Waals surface area (Å²) in [5.41, 5.74) is 2.63. The molecule has 0 unspecified atom stereocenters. The molecule has 2 amide bonds. The summed E-state index contributed by atoms with van der Waals surface area (Å²) in [6, 6.07) is 21.0. The summed E-state index contributed by atoms with van der Waals surface area (Å²) in [4.78, 5) is 36.1. The van der Waals surface area contributed by atoms with Crippen molar-refractivity contribution >= 4 is 35.1 Å². The molecular formula is C25H23ClN2O4. The van der Waals surface area contributed by atoms with Gasteiger partial charge in [0, 0.05) is 36.2 Å². The maximum Gasteiger partial charge on any atom is 0.308 e. The van der Waals surface area contributed by atoms with E-state index in [4.69, 9.17) is 16.3 Å². The second-order valence-electron chi connectivity index (χ2n) is 7.10. The molecule has 3 rings (SSSR count). The van der Waals surface area contributed by atoms with Crippen LogP contribution in [0.1, 0.15) is 34.8 Å². The molecule has 2 N–H and O–H groups in total. The van der Waals surface area contributed by atoms with Crippen LogP contribution in [0.15, 0.2) is 72.8 Å². The van der Waals surface area contributed by atoms with Crippen molar-refractivity contribution in [1.29, 1.82) is 0 Å². The predicted molar refractivity (Wildman–Crippen MR) is 124 cm³/mol. The highest BCUT2D eigenvalue weighted by atomic mass is 35.5. The van der Waals surface area contributed by atoms with Crippen LogP contribution in [0.5, 0.6) is 5.75 Å². The number of rotatable bonds is 8. The monoisotopic (exact) mass is 450 g/mol. The van der Waals surface area contributed by atoms with E-state index < -0.39 is 5.97 Å². The van der Waals surface area contributed by atoms with Gasteiger partial charge in [-0.25, -0.2) is 0 Å². The minimum Gasteiger partial charge on any atom is -0.427 e. The first kappa shape index (κ1) is 23.0. The molecule has 0 radical (unpaired) electrons. The Balaban J connectivity index is 1.59. The summed E-state index contributed by atoms with van der Waals surface area (Å²) >= 11 is 6.14. The number of para-hydroxylation sites is 1. The number of halogens is 1. The zero-order valence-electron chi connectivity index (χ0n) is 17.6. The van der Waals surface area contributed by atoms with Gasteiger partial charge in [0.1, 0.15) is 5.75 Å². The number of anilines is 1. The Morgan fingerprint density at radius 2 is 1.62 bits per heavy atom. The normalized spacial score (nSPS) is 10.3. The SMILES string of the molecule is CC(=O)Oc1cccc(C(=O)Nc2ccccc2CNC(=O)CCc2ccccc2Cl)c1. The largest absolute Gasteiger partial charge is 0.427 e. The van der Waals surface area contributed by atoms with Gasteiger partial charge in [0.05, 0.1) is 0 Å². The minimum atomic E-state index is -0.460. The van der Waals surface area contributed by atoms with Gasteiger partial charge in [0.2, 0.25) is 5.91 Å². The van der Waals surface area contributed by atoms with E-state index >= 15 is 0 Å². The Labute approximate surface area is 191 Å². The molecular weight excluding hydrogens is 428 g/mol. The van der Waals surface area contributed by atoms with Crippen LogP contribution in [0.2, 0.25) is 5.02 Å². The first-order valence-corrected chi connectivity index (χ1v) is 10.5. The lowest BCUT2D eigenvalue weighted by molar-refractivity contribution is -0.131. The fraction of sp³-hybridized carbons (Fsp3) is 0.160. The van der Waals surface area contributed by atoms with Crippen LogP contribution in [0.25, 0.3) is 0 Å². The fourth-order valence-corrected chi connectivity index (χ4v) is 3.32. The molecule has 7 heteroatoms. The zero-order chi connectivity index (χ0) is 22.9. The number of amides is 2. The third-order valence-electron chi connectivity index (χ3n) is 4.68. The number of ether oxygens (including phenoxy) is 1. The standard InChI is InChI=1S/C25H23ClN2O4/c1-17(29)32-21-10-6-9-19(15-21)25(31)28-23-12-5-3-8-20(23)16-27-24(30)14-13-18-7-2-4-11-22(18)26/h2-12,15H,13-14,16H2,1H3,(H,27,30)(H,28,31). The summed E-state index contributed by atoms with van der Waals surface area (Å²) in [5.74, 6) is -0.626. The van der Waals surface area contributed by atoms with Gasteiger partial charge in [0.15, 0.2) is 0 Å².